The van der Waals surface area contributed by atoms with E-state index in [0.29, 0.717) is 13.2 Å². The Labute approximate surface area is 83.3 Å². The molecule has 0 aromatic carbocycles. The van der Waals surface area contributed by atoms with E-state index in [1.54, 1.807) is 20.8 Å². The fraction of sp³-hybridized carbons (Fsp3) is 0.875. The highest BCUT2D eigenvalue weighted by Gasteiger charge is 2.27. The second kappa shape index (κ2) is 7.69. The van der Waals surface area contributed by atoms with Gasteiger partial charge in [-0.3, -0.25) is 9.68 Å². The van der Waals surface area contributed by atoms with Gasteiger partial charge in [0.05, 0.1) is 13.2 Å². The highest BCUT2D eigenvalue weighted by atomic mass is 17.0. The first-order valence-electron chi connectivity index (χ1n) is 4.56. The molecule has 6 heteroatoms. The standard InChI is InChI=1S/C8H17NO5/c1-4-12-7(8(10)11)9(13-5-2)14-6-3/h7H,4-6H2,1-3H3,(H,10,11). The molecule has 0 aromatic rings. The summed E-state index contributed by atoms with van der Waals surface area (Å²) in [5, 5.41) is 9.67. The Bertz CT molecular complexity index is 158. The van der Waals surface area contributed by atoms with E-state index in [2.05, 4.69) is 0 Å². The molecule has 0 aliphatic rings. The van der Waals surface area contributed by atoms with E-state index >= 15 is 0 Å². The van der Waals surface area contributed by atoms with E-state index in [4.69, 9.17) is 19.5 Å². The van der Waals surface area contributed by atoms with E-state index in [0.717, 1.165) is 5.23 Å². The Hall–Kier alpha value is -0.690. The summed E-state index contributed by atoms with van der Waals surface area (Å²) in [6.07, 6.45) is -1.22. The van der Waals surface area contributed by atoms with Gasteiger partial charge in [0, 0.05) is 6.61 Å². The summed E-state index contributed by atoms with van der Waals surface area (Å²) in [6, 6.07) is 0. The molecular formula is C8H17NO5. The normalized spacial score (nSPS) is 13.1. The molecule has 0 aliphatic carbocycles. The number of carboxylic acids is 1. The van der Waals surface area contributed by atoms with Gasteiger partial charge in [-0.2, -0.15) is 0 Å². The van der Waals surface area contributed by atoms with Crippen LogP contribution in [-0.2, 0) is 19.2 Å². The third kappa shape index (κ3) is 4.52. The fourth-order valence-corrected chi connectivity index (χ4v) is 0.807. The van der Waals surface area contributed by atoms with Gasteiger partial charge >= 0.3 is 5.97 Å². The summed E-state index contributed by atoms with van der Waals surface area (Å²) in [5.41, 5.74) is 0. The van der Waals surface area contributed by atoms with Gasteiger partial charge in [0.1, 0.15) is 0 Å². The zero-order valence-corrected chi connectivity index (χ0v) is 8.73. The summed E-state index contributed by atoms with van der Waals surface area (Å²) >= 11 is 0. The minimum Gasteiger partial charge on any atom is -0.478 e. The maximum atomic E-state index is 10.8. The lowest BCUT2D eigenvalue weighted by Gasteiger charge is -2.24. The van der Waals surface area contributed by atoms with Crippen molar-refractivity contribution in [2.45, 2.75) is 27.0 Å². The number of nitrogens with zero attached hydrogens (tertiary/aromatic N) is 1. The lowest BCUT2D eigenvalue weighted by molar-refractivity contribution is -0.413. The molecule has 0 aliphatic heterocycles. The largest absolute Gasteiger partial charge is 0.478 e. The maximum Gasteiger partial charge on any atom is 0.353 e. The first-order chi connectivity index (χ1) is 6.67. The van der Waals surface area contributed by atoms with Crippen LogP contribution in [0.4, 0.5) is 0 Å². The van der Waals surface area contributed by atoms with Crippen molar-refractivity contribution in [3.63, 3.8) is 0 Å². The Kier molecular flexibility index (Phi) is 7.31. The topological polar surface area (TPSA) is 68.2 Å². The van der Waals surface area contributed by atoms with Gasteiger partial charge in [-0.05, 0) is 26.0 Å². The van der Waals surface area contributed by atoms with Crippen molar-refractivity contribution in [3.8, 4) is 0 Å². The van der Waals surface area contributed by atoms with Crippen LogP contribution in [-0.4, -0.2) is 42.4 Å². The van der Waals surface area contributed by atoms with E-state index in [1.807, 2.05) is 0 Å². The Morgan fingerprint density at radius 2 is 1.71 bits per heavy atom. The van der Waals surface area contributed by atoms with Crippen LogP contribution < -0.4 is 0 Å². The number of carbonyl (C=O) groups is 1. The minimum absolute atomic E-state index is 0.271. The lowest BCUT2D eigenvalue weighted by atomic mass is 10.6. The second-order valence-corrected chi connectivity index (χ2v) is 2.27. The Morgan fingerprint density at radius 3 is 2.00 bits per heavy atom. The summed E-state index contributed by atoms with van der Waals surface area (Å²) < 4.78 is 4.95. The van der Waals surface area contributed by atoms with E-state index in [1.165, 1.54) is 0 Å². The Morgan fingerprint density at radius 1 is 1.21 bits per heavy atom. The van der Waals surface area contributed by atoms with Crippen LogP contribution in [0.5, 0.6) is 0 Å². The van der Waals surface area contributed by atoms with E-state index < -0.39 is 12.2 Å². The van der Waals surface area contributed by atoms with Gasteiger partial charge in [0.15, 0.2) is 0 Å². The molecule has 0 spiro atoms. The first-order valence-corrected chi connectivity index (χ1v) is 4.56. The lowest BCUT2D eigenvalue weighted by Crippen LogP contribution is -2.43. The summed E-state index contributed by atoms with van der Waals surface area (Å²) in [7, 11) is 0. The van der Waals surface area contributed by atoms with Crippen LogP contribution in [0.1, 0.15) is 20.8 Å². The van der Waals surface area contributed by atoms with Crippen molar-refractivity contribution in [1.82, 2.24) is 5.23 Å². The zero-order chi connectivity index (χ0) is 11.0. The fourth-order valence-electron chi connectivity index (χ4n) is 0.807. The van der Waals surface area contributed by atoms with Gasteiger partial charge in [0.25, 0.3) is 6.23 Å². The van der Waals surface area contributed by atoms with Crippen molar-refractivity contribution < 1.29 is 24.3 Å². The molecule has 1 N–H and O–H groups in total. The summed E-state index contributed by atoms with van der Waals surface area (Å²) in [5.74, 6) is -1.14. The number of aliphatic carboxylic acids is 1. The SMILES string of the molecule is CCOC(C(=O)O)N(OCC)OCC. The number of hydroxylamine groups is 2. The number of carboxylic acid groups (broad SMARTS) is 1. The van der Waals surface area contributed by atoms with Crippen molar-refractivity contribution in [3.05, 3.63) is 0 Å². The van der Waals surface area contributed by atoms with Crippen LogP contribution >= 0.6 is 0 Å². The highest BCUT2D eigenvalue weighted by molar-refractivity contribution is 5.71. The Balaban J connectivity index is 4.29. The molecule has 0 saturated carbocycles. The molecule has 1 atom stereocenters. The number of ether oxygens (including phenoxy) is 1. The predicted octanol–water partition coefficient (Wildman–Crippen LogP) is 0.639. The van der Waals surface area contributed by atoms with Crippen LogP contribution in [0.3, 0.4) is 0 Å². The third-order valence-corrected chi connectivity index (χ3v) is 1.24. The summed E-state index contributed by atoms with van der Waals surface area (Å²) in [6.45, 7) is 6.07. The van der Waals surface area contributed by atoms with Crippen LogP contribution in [0.2, 0.25) is 0 Å². The van der Waals surface area contributed by atoms with E-state index in [-0.39, 0.29) is 6.61 Å². The molecule has 0 radical (unpaired) electrons. The first kappa shape index (κ1) is 13.3. The molecule has 0 heterocycles. The number of rotatable bonds is 8. The quantitative estimate of drug-likeness (QED) is 0.465. The van der Waals surface area contributed by atoms with Crippen molar-refractivity contribution in [2.75, 3.05) is 19.8 Å². The predicted molar refractivity (Wildman–Crippen MR) is 48.1 cm³/mol. The molecule has 0 aromatic heterocycles. The molecule has 6 nitrogen and oxygen atoms in total. The van der Waals surface area contributed by atoms with E-state index in [9.17, 15) is 4.79 Å². The molecule has 0 amide bonds. The van der Waals surface area contributed by atoms with Crippen LogP contribution in [0, 0.1) is 0 Å². The zero-order valence-electron chi connectivity index (χ0n) is 8.73. The molecule has 0 saturated heterocycles. The molecular weight excluding hydrogens is 190 g/mol. The monoisotopic (exact) mass is 207 g/mol. The summed E-state index contributed by atoms with van der Waals surface area (Å²) in [4.78, 5) is 20.7. The van der Waals surface area contributed by atoms with Crippen molar-refractivity contribution in [2.24, 2.45) is 0 Å². The van der Waals surface area contributed by atoms with Gasteiger partial charge in [-0.15, -0.1) is 0 Å². The minimum atomic E-state index is -1.22. The second-order valence-electron chi connectivity index (χ2n) is 2.27. The van der Waals surface area contributed by atoms with Gasteiger partial charge < -0.3 is 9.84 Å². The molecule has 1 unspecified atom stereocenters. The van der Waals surface area contributed by atoms with Crippen LogP contribution in [0.15, 0.2) is 0 Å². The third-order valence-electron chi connectivity index (χ3n) is 1.24. The number of hydrogen-bond donors (Lipinski definition) is 1. The van der Waals surface area contributed by atoms with Crippen LogP contribution in [0.25, 0.3) is 0 Å². The average molecular weight is 207 g/mol. The van der Waals surface area contributed by atoms with Gasteiger partial charge in [-0.25, -0.2) is 4.79 Å². The van der Waals surface area contributed by atoms with Crippen molar-refractivity contribution in [1.29, 1.82) is 0 Å². The average Bonchev–Trinajstić information content (AvgIpc) is 2.13. The molecule has 14 heavy (non-hydrogen) atoms. The number of hydrogen-bond acceptors (Lipinski definition) is 5. The smallest absolute Gasteiger partial charge is 0.353 e. The van der Waals surface area contributed by atoms with Gasteiger partial charge in [0.2, 0.25) is 0 Å². The van der Waals surface area contributed by atoms with Gasteiger partial charge in [-0.1, -0.05) is 0 Å². The highest BCUT2D eigenvalue weighted by Crippen LogP contribution is 2.04. The molecule has 84 valence electrons. The van der Waals surface area contributed by atoms with Crippen molar-refractivity contribution >= 4 is 5.97 Å². The molecule has 0 fully saturated rings. The molecule has 0 rings (SSSR count). The molecule has 0 bridgehead atoms. The maximum absolute atomic E-state index is 10.8.